The maximum atomic E-state index is 9.60. The predicted octanol–water partition coefficient (Wildman–Crippen LogP) is -1.55. The summed E-state index contributed by atoms with van der Waals surface area (Å²) < 4.78 is 4.41. The Morgan fingerprint density at radius 2 is 2.00 bits per heavy atom. The quantitative estimate of drug-likeness (QED) is 0.438. The van der Waals surface area contributed by atoms with Crippen molar-refractivity contribution >= 4 is 6.47 Å². The summed E-state index contributed by atoms with van der Waals surface area (Å²) >= 11 is 0. The van der Waals surface area contributed by atoms with Crippen LogP contribution >= 0.6 is 0 Å². The van der Waals surface area contributed by atoms with Crippen molar-refractivity contribution in [1.29, 1.82) is 0 Å². The molecule has 0 aromatic rings. The molecule has 0 aromatic carbocycles. The lowest BCUT2D eigenvalue weighted by Gasteiger charge is -2.07. The zero-order valence-electron chi connectivity index (χ0n) is 4.54. The molecule has 4 nitrogen and oxygen atoms in total. The monoisotopic (exact) mass is 118 g/mol. The fraction of sp³-hybridized carbons (Fsp3) is 0.750. The highest BCUT2D eigenvalue weighted by Crippen LogP contribution is 1.79. The summed E-state index contributed by atoms with van der Waals surface area (Å²) in [4.78, 5) is 9.60. The molecule has 0 aromatic heterocycles. The minimum absolute atomic E-state index is 0.287. The molecule has 0 aliphatic carbocycles. The molecule has 0 atom stereocenters. The van der Waals surface area contributed by atoms with Crippen LogP contribution in [0, 0.1) is 0 Å². The Kier molecular flexibility index (Phi) is 4.20. The molecule has 0 saturated heterocycles. The second-order valence-electron chi connectivity index (χ2n) is 1.33. The third-order valence-corrected chi connectivity index (χ3v) is 0.774. The van der Waals surface area contributed by atoms with Crippen LogP contribution < -0.4 is 11.5 Å². The Balaban J connectivity index is 3.20. The summed E-state index contributed by atoms with van der Waals surface area (Å²) in [6.07, 6.45) is -0.313. The first-order valence-corrected chi connectivity index (χ1v) is 2.34. The van der Waals surface area contributed by atoms with E-state index in [4.69, 9.17) is 11.5 Å². The summed E-state index contributed by atoms with van der Waals surface area (Å²) in [5.74, 6) is 0. The Morgan fingerprint density at radius 1 is 1.50 bits per heavy atom. The van der Waals surface area contributed by atoms with E-state index < -0.39 is 0 Å². The molecule has 0 heterocycles. The molecule has 8 heavy (non-hydrogen) atoms. The highest BCUT2D eigenvalue weighted by atomic mass is 16.5. The minimum atomic E-state index is -0.313. The third kappa shape index (κ3) is 2.54. The number of rotatable bonds is 4. The summed E-state index contributed by atoms with van der Waals surface area (Å²) in [6, 6.07) is 0. The van der Waals surface area contributed by atoms with Crippen molar-refractivity contribution in [1.82, 2.24) is 0 Å². The van der Waals surface area contributed by atoms with Crippen molar-refractivity contribution in [2.45, 2.75) is 6.10 Å². The van der Waals surface area contributed by atoms with Crippen LogP contribution in [-0.4, -0.2) is 25.7 Å². The van der Waals surface area contributed by atoms with E-state index in [1.54, 1.807) is 0 Å². The maximum Gasteiger partial charge on any atom is 0.293 e. The average molecular weight is 118 g/mol. The number of ether oxygens (including phenoxy) is 1. The van der Waals surface area contributed by atoms with Gasteiger partial charge in [-0.05, 0) is 0 Å². The summed E-state index contributed by atoms with van der Waals surface area (Å²) in [6.45, 7) is 0.925. The van der Waals surface area contributed by atoms with Crippen molar-refractivity contribution in [3.63, 3.8) is 0 Å². The van der Waals surface area contributed by atoms with Crippen LogP contribution in [0.25, 0.3) is 0 Å². The fourth-order valence-electron chi connectivity index (χ4n) is 0.286. The van der Waals surface area contributed by atoms with Crippen LogP contribution in [0.15, 0.2) is 0 Å². The van der Waals surface area contributed by atoms with Crippen LogP contribution in [0.1, 0.15) is 0 Å². The first-order chi connectivity index (χ1) is 3.85. The van der Waals surface area contributed by atoms with Gasteiger partial charge in [-0.15, -0.1) is 0 Å². The molecule has 48 valence electrons. The Hall–Kier alpha value is -0.610. The Bertz CT molecular complexity index is 63.1. The van der Waals surface area contributed by atoms with Crippen LogP contribution in [0.2, 0.25) is 0 Å². The number of hydrogen-bond acceptors (Lipinski definition) is 4. The zero-order valence-corrected chi connectivity index (χ0v) is 4.54. The molecule has 0 amide bonds. The highest BCUT2D eigenvalue weighted by Gasteiger charge is 2.00. The van der Waals surface area contributed by atoms with Crippen molar-refractivity contribution in [2.24, 2.45) is 11.5 Å². The molecule has 0 aliphatic rings. The molecule has 0 spiro atoms. The molecule has 0 bridgehead atoms. The van der Waals surface area contributed by atoms with Crippen molar-refractivity contribution in [3.8, 4) is 0 Å². The van der Waals surface area contributed by atoms with E-state index in [0.29, 0.717) is 6.47 Å². The summed E-state index contributed by atoms with van der Waals surface area (Å²) in [5, 5.41) is 0. The molecule has 4 heteroatoms. The maximum absolute atomic E-state index is 9.60. The van der Waals surface area contributed by atoms with E-state index in [2.05, 4.69) is 4.74 Å². The number of hydrogen-bond donors (Lipinski definition) is 2. The second-order valence-corrected chi connectivity index (χ2v) is 1.33. The molecule has 0 radical (unpaired) electrons. The number of carbonyl (C=O) groups excluding carboxylic acids is 1. The molecule has 4 N–H and O–H groups in total. The minimum Gasteiger partial charge on any atom is -0.462 e. The normalized spacial score (nSPS) is 9.38. The predicted molar refractivity (Wildman–Crippen MR) is 29.0 cm³/mol. The van der Waals surface area contributed by atoms with Gasteiger partial charge in [0.05, 0.1) is 0 Å². The van der Waals surface area contributed by atoms with Gasteiger partial charge in [0.1, 0.15) is 6.10 Å². The first-order valence-electron chi connectivity index (χ1n) is 2.34. The lowest BCUT2D eigenvalue weighted by Crippen LogP contribution is -2.31. The largest absolute Gasteiger partial charge is 0.462 e. The SMILES string of the molecule is NCC(CN)OC=O. The lowest BCUT2D eigenvalue weighted by atomic mass is 10.4. The van der Waals surface area contributed by atoms with E-state index in [1.165, 1.54) is 0 Å². The van der Waals surface area contributed by atoms with Crippen LogP contribution in [0.3, 0.4) is 0 Å². The van der Waals surface area contributed by atoms with Crippen LogP contribution in [-0.2, 0) is 9.53 Å². The van der Waals surface area contributed by atoms with E-state index in [1.807, 2.05) is 0 Å². The van der Waals surface area contributed by atoms with Crippen molar-refractivity contribution in [2.75, 3.05) is 13.1 Å². The van der Waals surface area contributed by atoms with E-state index in [9.17, 15) is 4.79 Å². The van der Waals surface area contributed by atoms with Gasteiger partial charge < -0.3 is 16.2 Å². The molecule has 0 rings (SSSR count). The van der Waals surface area contributed by atoms with Crippen molar-refractivity contribution < 1.29 is 9.53 Å². The lowest BCUT2D eigenvalue weighted by molar-refractivity contribution is -0.132. The molecule has 0 unspecified atom stereocenters. The number of nitrogens with two attached hydrogens (primary N) is 2. The van der Waals surface area contributed by atoms with Crippen molar-refractivity contribution in [3.05, 3.63) is 0 Å². The molecular weight excluding hydrogens is 108 g/mol. The second kappa shape index (κ2) is 4.55. The average Bonchev–Trinajstić information content (AvgIpc) is 1.83. The van der Waals surface area contributed by atoms with Gasteiger partial charge in [-0.3, -0.25) is 4.79 Å². The van der Waals surface area contributed by atoms with Gasteiger partial charge in [-0.25, -0.2) is 0 Å². The van der Waals surface area contributed by atoms with E-state index in [0.717, 1.165) is 0 Å². The van der Waals surface area contributed by atoms with Gasteiger partial charge in [0, 0.05) is 13.1 Å². The van der Waals surface area contributed by atoms with Gasteiger partial charge in [-0.2, -0.15) is 0 Å². The smallest absolute Gasteiger partial charge is 0.293 e. The van der Waals surface area contributed by atoms with E-state index in [-0.39, 0.29) is 19.2 Å². The van der Waals surface area contributed by atoms with Gasteiger partial charge >= 0.3 is 0 Å². The molecular formula is C4H10N2O2. The van der Waals surface area contributed by atoms with Gasteiger partial charge in [0.2, 0.25) is 0 Å². The van der Waals surface area contributed by atoms with Crippen LogP contribution in [0.5, 0.6) is 0 Å². The number of carbonyl (C=O) groups is 1. The van der Waals surface area contributed by atoms with Gasteiger partial charge in [0.15, 0.2) is 0 Å². The standard InChI is InChI=1S/C4H10N2O2/c5-1-4(2-6)8-3-7/h3-4H,1-2,5-6H2. The van der Waals surface area contributed by atoms with E-state index >= 15 is 0 Å². The molecule has 0 saturated carbocycles. The molecule has 0 aliphatic heterocycles. The van der Waals surface area contributed by atoms with Gasteiger partial charge in [0.25, 0.3) is 6.47 Å². The molecule has 0 fully saturated rings. The van der Waals surface area contributed by atoms with Crippen LogP contribution in [0.4, 0.5) is 0 Å². The highest BCUT2D eigenvalue weighted by molar-refractivity contribution is 5.37. The summed E-state index contributed by atoms with van der Waals surface area (Å²) in [5.41, 5.74) is 10.2. The first kappa shape index (κ1) is 7.39. The third-order valence-electron chi connectivity index (χ3n) is 0.774. The Morgan fingerprint density at radius 3 is 2.12 bits per heavy atom. The Labute approximate surface area is 47.8 Å². The van der Waals surface area contributed by atoms with Gasteiger partial charge in [-0.1, -0.05) is 0 Å². The fourth-order valence-corrected chi connectivity index (χ4v) is 0.286. The topological polar surface area (TPSA) is 78.3 Å². The zero-order chi connectivity index (χ0) is 6.41. The summed E-state index contributed by atoms with van der Waals surface area (Å²) in [7, 11) is 0.